The fourth-order valence-electron chi connectivity index (χ4n) is 1.33. The average Bonchev–Trinajstić information content (AvgIpc) is 2.39. The van der Waals surface area contributed by atoms with Crippen LogP contribution in [-0.4, -0.2) is 22.1 Å². The molecule has 0 aliphatic rings. The standard InChI is InChI=1S/C12H13Br3FNO/c1-2-12(6-13,7-14)17-11(18)8-3-4-10(16)9(15)5-8/h3-5H,2,6-7H2,1H3,(H,17,18). The molecule has 6 heteroatoms. The highest BCUT2D eigenvalue weighted by atomic mass is 79.9. The van der Waals surface area contributed by atoms with Gasteiger partial charge < -0.3 is 5.32 Å². The van der Waals surface area contributed by atoms with Gasteiger partial charge in [0.25, 0.3) is 5.91 Å². The maximum absolute atomic E-state index is 13.1. The Bertz CT molecular complexity index is 427. The van der Waals surface area contributed by atoms with Gasteiger partial charge in [0.05, 0.1) is 10.0 Å². The predicted molar refractivity (Wildman–Crippen MR) is 82.2 cm³/mol. The first kappa shape index (κ1) is 16.1. The number of hydrogen-bond donors (Lipinski definition) is 1. The van der Waals surface area contributed by atoms with E-state index in [9.17, 15) is 9.18 Å². The number of amides is 1. The van der Waals surface area contributed by atoms with E-state index in [2.05, 4.69) is 53.1 Å². The van der Waals surface area contributed by atoms with E-state index in [0.717, 1.165) is 6.42 Å². The average molecular weight is 446 g/mol. The Hall–Kier alpha value is 0.0600. The van der Waals surface area contributed by atoms with E-state index in [0.29, 0.717) is 16.2 Å². The molecule has 18 heavy (non-hydrogen) atoms. The van der Waals surface area contributed by atoms with Crippen molar-refractivity contribution in [2.75, 3.05) is 10.7 Å². The predicted octanol–water partition coefficient (Wildman–Crippen LogP) is 4.26. The molecule has 1 N–H and O–H groups in total. The van der Waals surface area contributed by atoms with Gasteiger partial charge in [0, 0.05) is 16.2 Å². The number of carbonyl (C=O) groups excluding carboxylic acids is 1. The highest BCUT2D eigenvalue weighted by Crippen LogP contribution is 2.20. The number of rotatable bonds is 5. The van der Waals surface area contributed by atoms with Gasteiger partial charge in [-0.25, -0.2) is 4.39 Å². The lowest BCUT2D eigenvalue weighted by Crippen LogP contribution is -2.51. The molecule has 0 aromatic heterocycles. The zero-order valence-electron chi connectivity index (χ0n) is 9.77. The molecule has 2 nitrogen and oxygen atoms in total. The summed E-state index contributed by atoms with van der Waals surface area (Å²) in [5.41, 5.74) is 0.0980. The number of carbonyl (C=O) groups is 1. The van der Waals surface area contributed by atoms with Crippen LogP contribution < -0.4 is 5.32 Å². The number of benzene rings is 1. The van der Waals surface area contributed by atoms with Crippen molar-refractivity contribution in [1.29, 1.82) is 0 Å². The van der Waals surface area contributed by atoms with Gasteiger partial charge in [-0.3, -0.25) is 4.79 Å². The van der Waals surface area contributed by atoms with Crippen molar-refractivity contribution in [2.24, 2.45) is 0 Å². The van der Waals surface area contributed by atoms with Crippen LogP contribution in [0, 0.1) is 5.82 Å². The lowest BCUT2D eigenvalue weighted by atomic mass is 10.0. The van der Waals surface area contributed by atoms with Gasteiger partial charge in [0.15, 0.2) is 0 Å². The molecule has 100 valence electrons. The molecule has 1 amide bonds. The fourth-order valence-corrected chi connectivity index (χ4v) is 3.71. The summed E-state index contributed by atoms with van der Waals surface area (Å²) in [5, 5.41) is 4.26. The molecule has 0 aliphatic carbocycles. The van der Waals surface area contributed by atoms with Crippen LogP contribution in [0.3, 0.4) is 0 Å². The van der Waals surface area contributed by atoms with E-state index < -0.39 is 0 Å². The molecule has 0 heterocycles. The molecule has 0 saturated heterocycles. The highest BCUT2D eigenvalue weighted by Gasteiger charge is 2.28. The fraction of sp³-hybridized carbons (Fsp3) is 0.417. The zero-order chi connectivity index (χ0) is 13.8. The van der Waals surface area contributed by atoms with E-state index in [1.807, 2.05) is 6.92 Å². The Morgan fingerprint density at radius 3 is 2.44 bits per heavy atom. The molecular weight excluding hydrogens is 433 g/mol. The SMILES string of the molecule is CCC(CBr)(CBr)NC(=O)c1ccc(F)c(Br)c1. The molecule has 1 rings (SSSR count). The van der Waals surface area contributed by atoms with Gasteiger partial charge in [-0.1, -0.05) is 38.8 Å². The van der Waals surface area contributed by atoms with Crippen LogP contribution in [-0.2, 0) is 0 Å². The Balaban J connectivity index is 2.90. The van der Waals surface area contributed by atoms with E-state index in [-0.39, 0.29) is 21.7 Å². The molecule has 0 atom stereocenters. The third-order valence-electron chi connectivity index (χ3n) is 2.75. The molecule has 0 fully saturated rings. The molecule has 1 aromatic rings. The van der Waals surface area contributed by atoms with Crippen LogP contribution in [0.5, 0.6) is 0 Å². The van der Waals surface area contributed by atoms with Crippen LogP contribution in [0.1, 0.15) is 23.7 Å². The molecule has 0 spiro atoms. The van der Waals surface area contributed by atoms with Crippen molar-refractivity contribution in [2.45, 2.75) is 18.9 Å². The van der Waals surface area contributed by atoms with Crippen LogP contribution in [0.4, 0.5) is 4.39 Å². The third kappa shape index (κ3) is 3.78. The van der Waals surface area contributed by atoms with Gasteiger partial charge in [-0.05, 0) is 40.5 Å². The summed E-state index contributed by atoms with van der Waals surface area (Å²) in [6.45, 7) is 2.00. The van der Waals surface area contributed by atoms with Crippen molar-refractivity contribution in [1.82, 2.24) is 5.32 Å². The molecule has 0 bridgehead atoms. The van der Waals surface area contributed by atoms with Gasteiger partial charge in [-0.15, -0.1) is 0 Å². The molecule has 0 radical (unpaired) electrons. The number of nitrogens with one attached hydrogen (secondary N) is 1. The first-order chi connectivity index (χ1) is 8.48. The van der Waals surface area contributed by atoms with Crippen molar-refractivity contribution < 1.29 is 9.18 Å². The second kappa shape index (κ2) is 7.01. The Morgan fingerprint density at radius 2 is 2.00 bits per heavy atom. The lowest BCUT2D eigenvalue weighted by molar-refractivity contribution is 0.0915. The minimum absolute atomic E-state index is 0.212. The van der Waals surface area contributed by atoms with Gasteiger partial charge in [-0.2, -0.15) is 0 Å². The quantitative estimate of drug-likeness (QED) is 0.674. The number of halogens is 4. The summed E-state index contributed by atoms with van der Waals surface area (Å²) in [6.07, 6.45) is 0.789. The summed E-state index contributed by atoms with van der Waals surface area (Å²) < 4.78 is 13.4. The second-order valence-corrected chi connectivity index (χ2v) is 5.96. The number of hydrogen-bond acceptors (Lipinski definition) is 1. The van der Waals surface area contributed by atoms with E-state index in [4.69, 9.17) is 0 Å². The van der Waals surface area contributed by atoms with Crippen LogP contribution in [0.15, 0.2) is 22.7 Å². The van der Waals surface area contributed by atoms with Crippen molar-refractivity contribution in [3.63, 3.8) is 0 Å². The van der Waals surface area contributed by atoms with Gasteiger partial charge in [0.2, 0.25) is 0 Å². The van der Waals surface area contributed by atoms with Crippen molar-refractivity contribution in [3.05, 3.63) is 34.1 Å². The normalized spacial score (nSPS) is 11.4. The minimum atomic E-state index is -0.380. The van der Waals surface area contributed by atoms with Crippen LogP contribution in [0.25, 0.3) is 0 Å². The van der Waals surface area contributed by atoms with Crippen molar-refractivity contribution in [3.8, 4) is 0 Å². The van der Waals surface area contributed by atoms with Crippen molar-refractivity contribution >= 4 is 53.7 Å². The smallest absolute Gasteiger partial charge is 0.251 e. The topological polar surface area (TPSA) is 29.1 Å². The summed E-state index contributed by atoms with van der Waals surface area (Å²) in [6, 6.07) is 4.22. The highest BCUT2D eigenvalue weighted by molar-refractivity contribution is 9.10. The third-order valence-corrected chi connectivity index (χ3v) is 5.50. The van der Waals surface area contributed by atoms with E-state index in [1.54, 1.807) is 0 Å². The molecule has 0 saturated carbocycles. The van der Waals surface area contributed by atoms with E-state index >= 15 is 0 Å². The lowest BCUT2D eigenvalue weighted by Gasteiger charge is -2.30. The zero-order valence-corrected chi connectivity index (χ0v) is 14.5. The number of alkyl halides is 2. The van der Waals surface area contributed by atoms with Crippen LogP contribution >= 0.6 is 47.8 Å². The molecular formula is C12H13Br3FNO. The maximum atomic E-state index is 13.1. The Labute approximate surface area is 131 Å². The first-order valence-electron chi connectivity index (χ1n) is 5.37. The Morgan fingerprint density at radius 1 is 1.39 bits per heavy atom. The van der Waals surface area contributed by atoms with Gasteiger partial charge in [0.1, 0.15) is 5.82 Å². The van der Waals surface area contributed by atoms with Crippen LogP contribution in [0.2, 0.25) is 0 Å². The summed E-state index contributed by atoms with van der Waals surface area (Å²) in [5.74, 6) is -0.592. The largest absolute Gasteiger partial charge is 0.345 e. The summed E-state index contributed by atoms with van der Waals surface area (Å²) in [4.78, 5) is 12.1. The maximum Gasteiger partial charge on any atom is 0.251 e. The second-order valence-electron chi connectivity index (χ2n) is 3.98. The first-order valence-corrected chi connectivity index (χ1v) is 8.41. The Kier molecular flexibility index (Phi) is 6.27. The van der Waals surface area contributed by atoms with E-state index in [1.165, 1.54) is 18.2 Å². The molecule has 0 unspecified atom stereocenters. The van der Waals surface area contributed by atoms with Gasteiger partial charge >= 0.3 is 0 Å². The molecule has 0 aliphatic heterocycles. The monoisotopic (exact) mass is 443 g/mol. The minimum Gasteiger partial charge on any atom is -0.345 e. The molecule has 1 aromatic carbocycles. The summed E-state index contributed by atoms with van der Waals surface area (Å²) in [7, 11) is 0. The summed E-state index contributed by atoms with van der Waals surface area (Å²) >= 11 is 9.88.